The summed E-state index contributed by atoms with van der Waals surface area (Å²) in [6.45, 7) is 0.324. The molecule has 0 aliphatic heterocycles. The highest BCUT2D eigenvalue weighted by atomic mass is 32.1. The predicted molar refractivity (Wildman–Crippen MR) is 79.5 cm³/mol. The van der Waals surface area contributed by atoms with Crippen LogP contribution in [0.5, 0.6) is 0 Å². The molecule has 1 aromatic rings. The second-order valence-electron chi connectivity index (χ2n) is 4.86. The average molecular weight is 290 g/mol. The van der Waals surface area contributed by atoms with E-state index in [0.717, 1.165) is 25.7 Å². The Balaban J connectivity index is 1.88. The van der Waals surface area contributed by atoms with E-state index in [1.807, 2.05) is 5.38 Å². The topological polar surface area (TPSA) is 49.4 Å². The molecule has 0 spiro atoms. The monoisotopic (exact) mass is 290 g/mol. The van der Waals surface area contributed by atoms with Crippen molar-refractivity contribution in [1.82, 2.24) is 10.2 Å². The molecule has 0 saturated heterocycles. The van der Waals surface area contributed by atoms with E-state index in [4.69, 9.17) is 6.42 Å². The van der Waals surface area contributed by atoms with E-state index in [1.165, 1.54) is 11.3 Å². The average Bonchev–Trinajstić information content (AvgIpc) is 3.13. The van der Waals surface area contributed by atoms with Gasteiger partial charge in [0, 0.05) is 17.0 Å². The molecule has 1 aliphatic carbocycles. The number of hydrogen-bond donors (Lipinski definition) is 1. The molecule has 2 amide bonds. The van der Waals surface area contributed by atoms with Crippen molar-refractivity contribution in [3.8, 4) is 12.3 Å². The first-order valence-corrected chi connectivity index (χ1v) is 7.70. The quantitative estimate of drug-likeness (QED) is 0.842. The van der Waals surface area contributed by atoms with Gasteiger partial charge in [0.2, 0.25) is 5.91 Å². The van der Waals surface area contributed by atoms with E-state index in [2.05, 4.69) is 11.2 Å². The minimum Gasteiger partial charge on any atom is -0.343 e. The van der Waals surface area contributed by atoms with Crippen LogP contribution in [-0.2, 0) is 4.79 Å². The van der Waals surface area contributed by atoms with E-state index in [1.54, 1.807) is 16.3 Å². The van der Waals surface area contributed by atoms with Gasteiger partial charge in [-0.3, -0.25) is 9.59 Å². The van der Waals surface area contributed by atoms with Crippen molar-refractivity contribution in [1.29, 1.82) is 0 Å². The lowest BCUT2D eigenvalue weighted by Crippen LogP contribution is -2.44. The molecule has 0 atom stereocenters. The Hall–Kier alpha value is -1.80. The summed E-state index contributed by atoms with van der Waals surface area (Å²) in [5.41, 5.74) is 0.590. The molecular weight excluding hydrogens is 272 g/mol. The van der Waals surface area contributed by atoms with E-state index in [-0.39, 0.29) is 24.4 Å². The fourth-order valence-electron chi connectivity index (χ4n) is 2.49. The van der Waals surface area contributed by atoms with Crippen LogP contribution in [0.3, 0.4) is 0 Å². The number of carbonyl (C=O) groups is 2. The summed E-state index contributed by atoms with van der Waals surface area (Å²) in [5, 5.41) is 6.25. The van der Waals surface area contributed by atoms with Crippen LogP contribution in [-0.4, -0.2) is 35.8 Å². The lowest BCUT2D eigenvalue weighted by atomic mass is 10.2. The van der Waals surface area contributed by atoms with Gasteiger partial charge in [0.25, 0.3) is 5.91 Å². The lowest BCUT2D eigenvalue weighted by molar-refractivity contribution is -0.131. The van der Waals surface area contributed by atoms with Crippen LogP contribution in [0.25, 0.3) is 0 Å². The molecule has 2 rings (SSSR count). The fourth-order valence-corrected chi connectivity index (χ4v) is 3.12. The summed E-state index contributed by atoms with van der Waals surface area (Å²) in [6.07, 6.45) is 9.63. The van der Waals surface area contributed by atoms with Crippen molar-refractivity contribution >= 4 is 23.2 Å². The summed E-state index contributed by atoms with van der Waals surface area (Å²) in [7, 11) is 0. The molecule has 0 aromatic carbocycles. The van der Waals surface area contributed by atoms with E-state index in [9.17, 15) is 9.59 Å². The maximum absolute atomic E-state index is 12.2. The third kappa shape index (κ3) is 3.61. The first-order valence-electron chi connectivity index (χ1n) is 6.75. The Morgan fingerprint density at radius 3 is 2.80 bits per heavy atom. The molecule has 1 N–H and O–H groups in total. The van der Waals surface area contributed by atoms with Crippen LogP contribution in [0.4, 0.5) is 0 Å². The van der Waals surface area contributed by atoms with Crippen molar-refractivity contribution in [2.24, 2.45) is 0 Å². The summed E-state index contributed by atoms with van der Waals surface area (Å²) in [5.74, 6) is 2.22. The highest BCUT2D eigenvalue weighted by Crippen LogP contribution is 2.23. The molecule has 0 unspecified atom stereocenters. The molecule has 1 heterocycles. The van der Waals surface area contributed by atoms with E-state index in [0.29, 0.717) is 12.1 Å². The van der Waals surface area contributed by atoms with Gasteiger partial charge in [0.1, 0.15) is 0 Å². The summed E-state index contributed by atoms with van der Waals surface area (Å²) >= 11 is 1.45. The lowest BCUT2D eigenvalue weighted by Gasteiger charge is -2.27. The molecule has 1 saturated carbocycles. The van der Waals surface area contributed by atoms with Gasteiger partial charge in [-0.15, -0.1) is 6.42 Å². The van der Waals surface area contributed by atoms with Gasteiger partial charge in [-0.25, -0.2) is 0 Å². The van der Waals surface area contributed by atoms with Crippen molar-refractivity contribution in [2.45, 2.75) is 31.7 Å². The molecule has 0 radical (unpaired) electrons. The molecule has 20 heavy (non-hydrogen) atoms. The Labute approximate surface area is 123 Å². The Morgan fingerprint density at radius 1 is 1.45 bits per heavy atom. The first-order chi connectivity index (χ1) is 9.72. The van der Waals surface area contributed by atoms with Gasteiger partial charge in [0.15, 0.2) is 0 Å². The molecule has 1 fully saturated rings. The largest absolute Gasteiger partial charge is 0.343 e. The van der Waals surface area contributed by atoms with Gasteiger partial charge >= 0.3 is 0 Å². The highest BCUT2D eigenvalue weighted by Gasteiger charge is 2.26. The van der Waals surface area contributed by atoms with E-state index >= 15 is 0 Å². The normalized spacial score (nSPS) is 14.8. The second-order valence-corrected chi connectivity index (χ2v) is 5.64. The number of amides is 2. The SMILES string of the molecule is C#CCN(C(=O)CNC(=O)c1ccsc1)C1CCCC1. The van der Waals surface area contributed by atoms with Crippen molar-refractivity contribution in [3.63, 3.8) is 0 Å². The summed E-state index contributed by atoms with van der Waals surface area (Å²) < 4.78 is 0. The van der Waals surface area contributed by atoms with Crippen molar-refractivity contribution < 1.29 is 9.59 Å². The van der Waals surface area contributed by atoms with Crippen LogP contribution in [0, 0.1) is 12.3 Å². The molecule has 0 bridgehead atoms. The molecule has 4 nitrogen and oxygen atoms in total. The van der Waals surface area contributed by atoms with Gasteiger partial charge < -0.3 is 10.2 Å². The summed E-state index contributed by atoms with van der Waals surface area (Å²) in [6, 6.07) is 1.97. The van der Waals surface area contributed by atoms with Gasteiger partial charge in [0.05, 0.1) is 13.1 Å². The van der Waals surface area contributed by atoms with Crippen LogP contribution in [0.15, 0.2) is 16.8 Å². The number of nitrogens with one attached hydrogen (secondary N) is 1. The smallest absolute Gasteiger partial charge is 0.252 e. The third-order valence-corrected chi connectivity index (χ3v) is 4.21. The van der Waals surface area contributed by atoms with E-state index < -0.39 is 0 Å². The van der Waals surface area contributed by atoms with Crippen molar-refractivity contribution in [2.75, 3.05) is 13.1 Å². The van der Waals surface area contributed by atoms with Crippen LogP contribution < -0.4 is 5.32 Å². The van der Waals surface area contributed by atoms with Crippen LogP contribution in [0.2, 0.25) is 0 Å². The third-order valence-electron chi connectivity index (χ3n) is 3.53. The van der Waals surface area contributed by atoms with Gasteiger partial charge in [-0.2, -0.15) is 11.3 Å². The second kappa shape index (κ2) is 7.11. The summed E-state index contributed by atoms with van der Waals surface area (Å²) in [4.78, 5) is 25.7. The van der Waals surface area contributed by atoms with Gasteiger partial charge in [-0.1, -0.05) is 18.8 Å². The van der Waals surface area contributed by atoms with Gasteiger partial charge in [-0.05, 0) is 24.3 Å². The zero-order valence-electron chi connectivity index (χ0n) is 11.3. The van der Waals surface area contributed by atoms with Crippen molar-refractivity contribution in [3.05, 3.63) is 22.4 Å². The molecule has 1 aliphatic rings. The number of nitrogens with zero attached hydrogens (tertiary/aromatic N) is 1. The standard InChI is InChI=1S/C15H18N2O2S/c1-2-8-17(13-5-3-4-6-13)14(18)10-16-15(19)12-7-9-20-11-12/h1,7,9,11,13H,3-6,8,10H2,(H,16,19). The molecular formula is C15H18N2O2S. The Bertz CT molecular complexity index is 498. The number of terminal acetylenes is 1. The number of rotatable bonds is 5. The number of hydrogen-bond acceptors (Lipinski definition) is 3. The zero-order valence-corrected chi connectivity index (χ0v) is 12.1. The molecule has 1 aromatic heterocycles. The number of thiophene rings is 1. The van der Waals surface area contributed by atoms with Crippen LogP contribution >= 0.6 is 11.3 Å². The predicted octanol–water partition coefficient (Wildman–Crippen LogP) is 1.88. The first kappa shape index (κ1) is 14.6. The minimum absolute atomic E-state index is 0.00681. The van der Waals surface area contributed by atoms with Crippen LogP contribution in [0.1, 0.15) is 36.0 Å². The number of carbonyl (C=O) groups excluding carboxylic acids is 2. The minimum atomic E-state index is -0.216. The molecule has 5 heteroatoms. The fraction of sp³-hybridized carbons (Fsp3) is 0.467. The Kier molecular flexibility index (Phi) is 5.19. The molecule has 106 valence electrons. The maximum Gasteiger partial charge on any atom is 0.252 e. The highest BCUT2D eigenvalue weighted by molar-refractivity contribution is 7.08. The zero-order chi connectivity index (χ0) is 14.4. The maximum atomic E-state index is 12.2. The Morgan fingerprint density at radius 2 is 2.20 bits per heavy atom.